The lowest BCUT2D eigenvalue weighted by molar-refractivity contribution is 0.0687. The summed E-state index contributed by atoms with van der Waals surface area (Å²) in [6.07, 6.45) is -3.01. The van der Waals surface area contributed by atoms with Gasteiger partial charge in [0.05, 0.1) is 0 Å². The van der Waals surface area contributed by atoms with Gasteiger partial charge in [-0.15, -0.1) is 0 Å². The number of hydrogen-bond donors (Lipinski definition) is 2. The molecule has 1 aromatic rings. The topological polar surface area (TPSA) is 70.4 Å². The van der Waals surface area contributed by atoms with Crippen LogP contribution in [0.4, 0.5) is 8.78 Å². The fraction of sp³-hybridized carbons (Fsp3) is 0.250. The van der Waals surface area contributed by atoms with Crippen molar-refractivity contribution in [2.45, 2.75) is 11.8 Å². The fourth-order valence-corrected chi connectivity index (χ4v) is 1.43. The number of rotatable bonds is 3. The zero-order valence-corrected chi connectivity index (χ0v) is 8.83. The number of carboxylic acid groups (broad SMARTS) is 1. The molecule has 0 atom stereocenters. The molecule has 7 heteroatoms. The second-order valence-corrected chi connectivity index (χ2v) is 3.20. The monoisotopic (exact) mass is 281 g/mol. The standard InChI is InChI=1S/C8H6BrF2NO3/c9-2-3-1-4(13)6(7(10)11)12-5(3)8(14)15/h1,7,13H,2H2,(H,14,15). The molecule has 4 nitrogen and oxygen atoms in total. The third-order valence-electron chi connectivity index (χ3n) is 1.66. The molecule has 1 rings (SSSR count). The van der Waals surface area contributed by atoms with Crippen molar-refractivity contribution in [1.82, 2.24) is 4.98 Å². The quantitative estimate of drug-likeness (QED) is 0.835. The summed E-state index contributed by atoms with van der Waals surface area (Å²) in [5, 5.41) is 17.9. The van der Waals surface area contributed by atoms with E-state index >= 15 is 0 Å². The van der Waals surface area contributed by atoms with Crippen LogP contribution in [-0.4, -0.2) is 21.2 Å². The predicted octanol–water partition coefficient (Wildman–Crippen LogP) is 2.32. The Labute approximate surface area is 91.7 Å². The minimum absolute atomic E-state index is 0.110. The van der Waals surface area contributed by atoms with E-state index in [1.54, 1.807) is 0 Å². The molecule has 0 fully saturated rings. The third-order valence-corrected chi connectivity index (χ3v) is 2.27. The van der Waals surface area contributed by atoms with Crippen LogP contribution in [-0.2, 0) is 5.33 Å². The average molecular weight is 282 g/mol. The molecule has 82 valence electrons. The Bertz CT molecular complexity index is 398. The molecule has 1 aromatic heterocycles. The van der Waals surface area contributed by atoms with E-state index in [1.165, 1.54) is 0 Å². The van der Waals surface area contributed by atoms with Crippen molar-refractivity contribution in [3.63, 3.8) is 0 Å². The lowest BCUT2D eigenvalue weighted by atomic mass is 10.2. The summed E-state index contributed by atoms with van der Waals surface area (Å²) in [4.78, 5) is 13.9. The second kappa shape index (κ2) is 4.52. The van der Waals surface area contributed by atoms with Crippen LogP contribution in [0.15, 0.2) is 6.07 Å². The van der Waals surface area contributed by atoms with Gasteiger partial charge in [0, 0.05) is 5.33 Å². The second-order valence-electron chi connectivity index (χ2n) is 2.64. The summed E-state index contributed by atoms with van der Waals surface area (Å²) in [5.74, 6) is -2.12. The maximum atomic E-state index is 12.3. The number of aromatic hydroxyl groups is 1. The molecule has 0 unspecified atom stereocenters. The summed E-state index contributed by atoms with van der Waals surface area (Å²) < 4.78 is 24.6. The highest BCUT2D eigenvalue weighted by Gasteiger charge is 2.21. The first kappa shape index (κ1) is 11.8. The minimum atomic E-state index is -3.01. The van der Waals surface area contributed by atoms with Gasteiger partial charge in [0.2, 0.25) is 0 Å². The number of carbonyl (C=O) groups is 1. The molecule has 0 aliphatic carbocycles. The van der Waals surface area contributed by atoms with E-state index in [4.69, 9.17) is 10.2 Å². The van der Waals surface area contributed by atoms with E-state index in [0.29, 0.717) is 0 Å². The third kappa shape index (κ3) is 2.41. The van der Waals surface area contributed by atoms with Crippen molar-refractivity contribution in [3.8, 4) is 5.75 Å². The van der Waals surface area contributed by atoms with Crippen molar-refractivity contribution in [2.24, 2.45) is 0 Å². The summed E-state index contributed by atoms with van der Waals surface area (Å²) >= 11 is 2.97. The summed E-state index contributed by atoms with van der Waals surface area (Å²) in [7, 11) is 0. The van der Waals surface area contributed by atoms with E-state index < -0.39 is 29.5 Å². The largest absolute Gasteiger partial charge is 0.506 e. The van der Waals surface area contributed by atoms with E-state index in [9.17, 15) is 13.6 Å². The Morgan fingerprint density at radius 2 is 2.20 bits per heavy atom. The van der Waals surface area contributed by atoms with Crippen LogP contribution >= 0.6 is 15.9 Å². The molecule has 15 heavy (non-hydrogen) atoms. The zero-order chi connectivity index (χ0) is 11.6. The van der Waals surface area contributed by atoms with Crippen LogP contribution in [0.3, 0.4) is 0 Å². The van der Waals surface area contributed by atoms with E-state index in [0.717, 1.165) is 6.07 Å². The average Bonchev–Trinajstić information content (AvgIpc) is 2.16. The Balaban J connectivity index is 3.37. The summed E-state index contributed by atoms with van der Waals surface area (Å²) in [6, 6.07) is 0.965. The smallest absolute Gasteiger partial charge is 0.354 e. The van der Waals surface area contributed by atoms with Gasteiger partial charge in [-0.3, -0.25) is 0 Å². The SMILES string of the molecule is O=C(O)c1nc(C(F)F)c(O)cc1CBr. The normalized spacial score (nSPS) is 10.7. The lowest BCUT2D eigenvalue weighted by Gasteiger charge is -2.07. The zero-order valence-electron chi connectivity index (χ0n) is 7.25. The number of hydrogen-bond acceptors (Lipinski definition) is 3. The van der Waals surface area contributed by atoms with Crippen LogP contribution in [0.2, 0.25) is 0 Å². The fourth-order valence-electron chi connectivity index (χ4n) is 1.00. The van der Waals surface area contributed by atoms with Crippen molar-refractivity contribution in [1.29, 1.82) is 0 Å². The first-order chi connectivity index (χ1) is 6.97. The number of aromatic carboxylic acids is 1. The molecule has 1 heterocycles. The van der Waals surface area contributed by atoms with Crippen molar-refractivity contribution in [2.75, 3.05) is 0 Å². The maximum Gasteiger partial charge on any atom is 0.354 e. The van der Waals surface area contributed by atoms with Crippen LogP contribution in [0, 0.1) is 0 Å². The highest BCUT2D eigenvalue weighted by Crippen LogP contribution is 2.28. The molecular weight excluding hydrogens is 276 g/mol. The molecular formula is C8H6BrF2NO3. The molecule has 0 spiro atoms. The first-order valence-corrected chi connectivity index (χ1v) is 4.89. The van der Waals surface area contributed by atoms with Crippen molar-refractivity contribution in [3.05, 3.63) is 23.0 Å². The van der Waals surface area contributed by atoms with Gasteiger partial charge in [-0.1, -0.05) is 15.9 Å². The Kier molecular flexibility index (Phi) is 3.57. The van der Waals surface area contributed by atoms with Gasteiger partial charge in [-0.05, 0) is 11.6 Å². The number of halogens is 3. The van der Waals surface area contributed by atoms with Crippen LogP contribution in [0.5, 0.6) is 5.75 Å². The van der Waals surface area contributed by atoms with Crippen molar-refractivity contribution >= 4 is 21.9 Å². The van der Waals surface area contributed by atoms with E-state index in [1.807, 2.05) is 0 Å². The van der Waals surface area contributed by atoms with Gasteiger partial charge in [0.15, 0.2) is 5.69 Å². The molecule has 0 saturated carbocycles. The number of alkyl halides is 3. The van der Waals surface area contributed by atoms with E-state index in [-0.39, 0.29) is 10.9 Å². The van der Waals surface area contributed by atoms with Gasteiger partial charge in [-0.25, -0.2) is 18.6 Å². The number of aromatic nitrogens is 1. The Morgan fingerprint density at radius 1 is 1.60 bits per heavy atom. The lowest BCUT2D eigenvalue weighted by Crippen LogP contribution is -2.07. The van der Waals surface area contributed by atoms with Gasteiger partial charge in [0.1, 0.15) is 11.4 Å². The maximum absolute atomic E-state index is 12.3. The number of carboxylic acids is 1. The molecule has 0 radical (unpaired) electrons. The minimum Gasteiger partial charge on any atom is -0.506 e. The number of nitrogens with zero attached hydrogens (tertiary/aromatic N) is 1. The van der Waals surface area contributed by atoms with Gasteiger partial charge in [0.25, 0.3) is 6.43 Å². The van der Waals surface area contributed by atoms with Crippen LogP contribution in [0.25, 0.3) is 0 Å². The summed E-state index contributed by atoms with van der Waals surface area (Å²) in [5.41, 5.74) is -1.26. The van der Waals surface area contributed by atoms with Crippen LogP contribution < -0.4 is 0 Å². The van der Waals surface area contributed by atoms with E-state index in [2.05, 4.69) is 20.9 Å². The van der Waals surface area contributed by atoms with Gasteiger partial charge < -0.3 is 10.2 Å². The molecule has 0 aromatic carbocycles. The van der Waals surface area contributed by atoms with Gasteiger partial charge in [-0.2, -0.15) is 0 Å². The molecule has 0 saturated heterocycles. The molecule has 0 aliphatic heterocycles. The highest BCUT2D eigenvalue weighted by molar-refractivity contribution is 9.08. The van der Waals surface area contributed by atoms with Crippen molar-refractivity contribution < 1.29 is 23.8 Å². The summed E-state index contributed by atoms with van der Waals surface area (Å²) in [6.45, 7) is 0. The first-order valence-electron chi connectivity index (χ1n) is 3.77. The molecule has 0 aliphatic rings. The molecule has 0 bridgehead atoms. The Hall–Kier alpha value is -1.24. The Morgan fingerprint density at radius 3 is 2.60 bits per heavy atom. The predicted molar refractivity (Wildman–Crippen MR) is 50.4 cm³/mol. The molecule has 2 N–H and O–H groups in total. The van der Waals surface area contributed by atoms with Gasteiger partial charge >= 0.3 is 5.97 Å². The molecule has 0 amide bonds. The van der Waals surface area contributed by atoms with Crippen LogP contribution in [0.1, 0.15) is 28.2 Å². The highest BCUT2D eigenvalue weighted by atomic mass is 79.9. The number of pyridine rings is 1.